The van der Waals surface area contributed by atoms with Crippen LogP contribution in [0.1, 0.15) is 0 Å². The van der Waals surface area contributed by atoms with Gasteiger partial charge in [0.15, 0.2) is 15.9 Å². The topological polar surface area (TPSA) is 41.4 Å². The number of aliphatic imine (C=N–C) groups is 1. The summed E-state index contributed by atoms with van der Waals surface area (Å²) in [4.78, 5) is 13.4. The van der Waals surface area contributed by atoms with Crippen molar-refractivity contribution in [3.05, 3.63) is 48.8 Å². The first kappa shape index (κ1) is 11.3. The summed E-state index contributed by atoms with van der Waals surface area (Å²) in [6.07, 6.45) is 3.45. The molecule has 0 aromatic carbocycles. The summed E-state index contributed by atoms with van der Waals surface area (Å²) in [5.74, 6) is 1.50. The highest BCUT2D eigenvalue weighted by atomic mass is 32.2. The molecule has 0 atom stereocenters. The molecule has 4 nitrogen and oxygen atoms in total. The van der Waals surface area contributed by atoms with Gasteiger partial charge in [0.05, 0.1) is 0 Å². The third-order valence-corrected chi connectivity index (χ3v) is 3.90. The Bertz CT molecular complexity index is 598. The Balaban J connectivity index is 1.78. The quantitative estimate of drug-likeness (QED) is 0.621. The molecular weight excluding hydrogens is 264 g/mol. The van der Waals surface area contributed by atoms with E-state index in [1.54, 1.807) is 12.4 Å². The highest BCUT2D eigenvalue weighted by molar-refractivity contribution is 8.24. The second kappa shape index (κ2) is 4.83. The number of thiocarbonyl (C=S) groups is 1. The second-order valence-electron chi connectivity index (χ2n) is 3.48. The summed E-state index contributed by atoms with van der Waals surface area (Å²) in [5.41, 5.74) is 0. The molecule has 2 aromatic heterocycles. The molecular formula is C12H8N4S2. The lowest BCUT2D eigenvalue weighted by atomic mass is 10.4. The summed E-state index contributed by atoms with van der Waals surface area (Å²) < 4.78 is 1.87. The van der Waals surface area contributed by atoms with Crippen molar-refractivity contribution in [2.75, 3.05) is 4.31 Å². The van der Waals surface area contributed by atoms with Crippen LogP contribution in [0.15, 0.2) is 53.8 Å². The van der Waals surface area contributed by atoms with Gasteiger partial charge in [-0.05, 0) is 24.3 Å². The Morgan fingerprint density at radius 1 is 1.06 bits per heavy atom. The zero-order valence-electron chi connectivity index (χ0n) is 9.22. The summed E-state index contributed by atoms with van der Waals surface area (Å²) in [5, 5.41) is 0.800. The highest BCUT2D eigenvalue weighted by Crippen LogP contribution is 2.33. The van der Waals surface area contributed by atoms with Crippen LogP contribution in [-0.2, 0) is 0 Å². The molecule has 3 rings (SSSR count). The predicted molar refractivity (Wildman–Crippen MR) is 78.2 cm³/mol. The minimum absolute atomic E-state index is 0.669. The molecule has 0 amide bonds. The molecule has 0 spiro atoms. The SMILES string of the molecule is S=C1/C(=N\c2ccccn2)SN1c1ccccn1. The van der Waals surface area contributed by atoms with Crippen LogP contribution in [0.4, 0.5) is 11.6 Å². The van der Waals surface area contributed by atoms with E-state index in [-0.39, 0.29) is 0 Å². The van der Waals surface area contributed by atoms with Crippen LogP contribution < -0.4 is 4.31 Å². The zero-order chi connectivity index (χ0) is 12.4. The Morgan fingerprint density at radius 3 is 2.44 bits per heavy atom. The fourth-order valence-corrected chi connectivity index (χ4v) is 2.51. The van der Waals surface area contributed by atoms with Crippen molar-refractivity contribution in [3.8, 4) is 0 Å². The lowest BCUT2D eigenvalue weighted by molar-refractivity contribution is 1.27. The molecule has 88 valence electrons. The van der Waals surface area contributed by atoms with Crippen LogP contribution in [0.5, 0.6) is 0 Å². The first-order valence-corrected chi connectivity index (χ1v) is 6.46. The van der Waals surface area contributed by atoms with Crippen LogP contribution in [0.3, 0.4) is 0 Å². The standard InChI is InChI=1S/C12H8N4S2/c17-12-11(15-9-5-1-3-7-13-9)18-16(12)10-6-2-4-8-14-10/h1-8H/b15-11+. The molecule has 1 aliphatic rings. The lowest BCUT2D eigenvalue weighted by Gasteiger charge is -2.31. The van der Waals surface area contributed by atoms with E-state index >= 15 is 0 Å². The molecule has 0 saturated carbocycles. The summed E-state index contributed by atoms with van der Waals surface area (Å²) in [7, 11) is 0. The molecule has 2 aromatic rings. The van der Waals surface area contributed by atoms with E-state index in [0.29, 0.717) is 10.8 Å². The third kappa shape index (κ3) is 2.12. The van der Waals surface area contributed by atoms with Gasteiger partial charge in [-0.3, -0.25) is 0 Å². The van der Waals surface area contributed by atoms with Gasteiger partial charge in [-0.2, -0.15) is 0 Å². The van der Waals surface area contributed by atoms with Crippen LogP contribution in [0, 0.1) is 0 Å². The molecule has 0 N–H and O–H groups in total. The smallest absolute Gasteiger partial charge is 0.155 e. The average Bonchev–Trinajstić information content (AvgIpc) is 2.44. The first-order chi connectivity index (χ1) is 8.84. The van der Waals surface area contributed by atoms with Crippen LogP contribution in [-0.4, -0.2) is 20.0 Å². The lowest BCUT2D eigenvalue weighted by Crippen LogP contribution is -2.40. The summed E-state index contributed by atoms with van der Waals surface area (Å²) in [6.45, 7) is 0. The summed E-state index contributed by atoms with van der Waals surface area (Å²) in [6, 6.07) is 11.3. The number of nitrogens with zero attached hydrogens (tertiary/aromatic N) is 4. The van der Waals surface area contributed by atoms with Crippen molar-refractivity contribution in [1.29, 1.82) is 0 Å². The van der Waals surface area contributed by atoms with Gasteiger partial charge < -0.3 is 0 Å². The fraction of sp³-hybridized carbons (Fsp3) is 0. The molecule has 6 heteroatoms. The van der Waals surface area contributed by atoms with E-state index < -0.39 is 0 Å². The minimum atomic E-state index is 0.669. The van der Waals surface area contributed by atoms with E-state index in [1.165, 1.54) is 11.9 Å². The summed E-state index contributed by atoms with van der Waals surface area (Å²) >= 11 is 6.78. The molecule has 0 aliphatic carbocycles. The van der Waals surface area contributed by atoms with E-state index in [1.807, 2.05) is 40.7 Å². The number of hydrogen-bond acceptors (Lipinski definition) is 5. The van der Waals surface area contributed by atoms with E-state index in [2.05, 4.69) is 15.0 Å². The van der Waals surface area contributed by atoms with E-state index in [9.17, 15) is 0 Å². The van der Waals surface area contributed by atoms with Gasteiger partial charge in [-0.15, -0.1) is 0 Å². The van der Waals surface area contributed by atoms with Crippen LogP contribution in [0.25, 0.3) is 0 Å². The number of anilines is 1. The molecule has 0 unspecified atom stereocenters. The van der Waals surface area contributed by atoms with E-state index in [0.717, 1.165) is 10.9 Å². The maximum absolute atomic E-state index is 5.31. The van der Waals surface area contributed by atoms with Gasteiger partial charge in [0.2, 0.25) is 0 Å². The molecule has 0 bridgehead atoms. The number of aromatic nitrogens is 2. The highest BCUT2D eigenvalue weighted by Gasteiger charge is 2.32. The first-order valence-electron chi connectivity index (χ1n) is 5.28. The van der Waals surface area contributed by atoms with Crippen molar-refractivity contribution in [2.24, 2.45) is 4.99 Å². The van der Waals surface area contributed by atoms with Crippen molar-refractivity contribution >= 4 is 45.8 Å². The fourth-order valence-electron chi connectivity index (χ4n) is 1.43. The zero-order valence-corrected chi connectivity index (χ0v) is 10.9. The monoisotopic (exact) mass is 272 g/mol. The van der Waals surface area contributed by atoms with E-state index in [4.69, 9.17) is 12.2 Å². The molecule has 18 heavy (non-hydrogen) atoms. The van der Waals surface area contributed by atoms with Crippen molar-refractivity contribution in [1.82, 2.24) is 9.97 Å². The molecule has 1 fully saturated rings. The largest absolute Gasteiger partial charge is 0.249 e. The Kier molecular flexibility index (Phi) is 3.04. The Hall–Kier alpha value is -1.79. The van der Waals surface area contributed by atoms with Gasteiger partial charge in [0, 0.05) is 24.3 Å². The maximum Gasteiger partial charge on any atom is 0.155 e. The van der Waals surface area contributed by atoms with Gasteiger partial charge in [0.25, 0.3) is 0 Å². The van der Waals surface area contributed by atoms with Gasteiger partial charge >= 0.3 is 0 Å². The third-order valence-electron chi connectivity index (χ3n) is 2.27. The van der Waals surface area contributed by atoms with Crippen molar-refractivity contribution < 1.29 is 0 Å². The number of pyridine rings is 2. The number of rotatable bonds is 2. The number of hydrogen-bond donors (Lipinski definition) is 0. The minimum Gasteiger partial charge on any atom is -0.249 e. The second-order valence-corrected chi connectivity index (χ2v) is 4.80. The molecule has 1 aliphatic heterocycles. The Morgan fingerprint density at radius 2 is 1.83 bits per heavy atom. The predicted octanol–water partition coefficient (Wildman–Crippen LogP) is 3.00. The van der Waals surface area contributed by atoms with Crippen LogP contribution >= 0.6 is 24.2 Å². The van der Waals surface area contributed by atoms with Crippen molar-refractivity contribution in [3.63, 3.8) is 0 Å². The van der Waals surface area contributed by atoms with Gasteiger partial charge in [-0.1, -0.05) is 24.4 Å². The molecule has 1 saturated heterocycles. The van der Waals surface area contributed by atoms with Gasteiger partial charge in [0.1, 0.15) is 5.82 Å². The van der Waals surface area contributed by atoms with Crippen LogP contribution in [0.2, 0.25) is 0 Å². The van der Waals surface area contributed by atoms with Gasteiger partial charge in [-0.25, -0.2) is 19.3 Å². The normalized spacial score (nSPS) is 16.8. The molecule has 3 heterocycles. The molecule has 0 radical (unpaired) electrons. The van der Waals surface area contributed by atoms with Crippen molar-refractivity contribution in [2.45, 2.75) is 0 Å². The Labute approximate surface area is 114 Å². The maximum atomic E-state index is 5.31. The average molecular weight is 272 g/mol.